The van der Waals surface area contributed by atoms with Gasteiger partial charge in [0.1, 0.15) is 0 Å². The third-order valence-electron chi connectivity index (χ3n) is 5.09. The van der Waals surface area contributed by atoms with E-state index in [9.17, 15) is 4.79 Å². The van der Waals surface area contributed by atoms with E-state index < -0.39 is 0 Å². The van der Waals surface area contributed by atoms with Crippen LogP contribution in [0.1, 0.15) is 44.9 Å². The van der Waals surface area contributed by atoms with Gasteiger partial charge in [-0.05, 0) is 18.9 Å². The van der Waals surface area contributed by atoms with Crippen molar-refractivity contribution in [3.8, 4) is 0 Å². The zero-order valence-electron chi connectivity index (χ0n) is 14.5. The van der Waals surface area contributed by atoms with Gasteiger partial charge in [-0.25, -0.2) is 9.97 Å². The van der Waals surface area contributed by atoms with Gasteiger partial charge in [-0.3, -0.25) is 4.79 Å². The van der Waals surface area contributed by atoms with Crippen LogP contribution in [-0.4, -0.2) is 59.5 Å². The van der Waals surface area contributed by atoms with Gasteiger partial charge in [-0.2, -0.15) is 0 Å². The van der Waals surface area contributed by atoms with Crippen molar-refractivity contribution in [3.05, 3.63) is 18.5 Å². The average molecular weight is 331 g/mol. The topological polar surface area (TPSA) is 61.4 Å². The molecule has 0 bridgehead atoms. The number of carbonyl (C=O) groups excluding carboxylic acids is 1. The highest BCUT2D eigenvalue weighted by atomic mass is 16.2. The summed E-state index contributed by atoms with van der Waals surface area (Å²) in [6.07, 6.45) is 12.1. The van der Waals surface area contributed by atoms with Crippen molar-refractivity contribution in [2.75, 3.05) is 37.6 Å². The Bertz CT molecular complexity index is 493. The minimum atomic E-state index is 0.268. The second-order valence-corrected chi connectivity index (χ2v) is 6.81. The van der Waals surface area contributed by atoms with Crippen molar-refractivity contribution < 1.29 is 4.79 Å². The van der Waals surface area contributed by atoms with E-state index in [-0.39, 0.29) is 5.91 Å². The highest BCUT2D eigenvalue weighted by Gasteiger charge is 2.22. The van der Waals surface area contributed by atoms with E-state index in [4.69, 9.17) is 0 Å². The van der Waals surface area contributed by atoms with E-state index in [1.54, 1.807) is 12.4 Å². The van der Waals surface area contributed by atoms with E-state index in [1.165, 1.54) is 38.5 Å². The lowest BCUT2D eigenvalue weighted by molar-refractivity contribution is -0.131. The van der Waals surface area contributed by atoms with Gasteiger partial charge in [0.2, 0.25) is 11.9 Å². The van der Waals surface area contributed by atoms with Gasteiger partial charge in [-0.1, -0.05) is 25.7 Å². The van der Waals surface area contributed by atoms with E-state index in [2.05, 4.69) is 20.2 Å². The fourth-order valence-corrected chi connectivity index (χ4v) is 3.64. The van der Waals surface area contributed by atoms with Gasteiger partial charge in [0, 0.05) is 57.6 Å². The first-order chi connectivity index (χ1) is 11.8. The number of anilines is 1. The molecule has 1 aliphatic carbocycles. The molecular formula is C18H29N5O. The molecule has 2 fully saturated rings. The van der Waals surface area contributed by atoms with Crippen LogP contribution in [-0.2, 0) is 4.79 Å². The molecule has 1 saturated carbocycles. The molecule has 0 spiro atoms. The maximum Gasteiger partial charge on any atom is 0.225 e. The summed E-state index contributed by atoms with van der Waals surface area (Å²) in [7, 11) is 0. The second kappa shape index (κ2) is 8.97. The van der Waals surface area contributed by atoms with Gasteiger partial charge in [0.05, 0.1) is 0 Å². The van der Waals surface area contributed by atoms with E-state index in [0.29, 0.717) is 12.5 Å². The minimum Gasteiger partial charge on any atom is -0.339 e. The Hall–Kier alpha value is -1.69. The molecule has 1 N–H and O–H groups in total. The number of carbonyl (C=O) groups is 1. The van der Waals surface area contributed by atoms with Crippen LogP contribution < -0.4 is 10.2 Å². The summed E-state index contributed by atoms with van der Waals surface area (Å²) in [5.41, 5.74) is 0. The maximum absolute atomic E-state index is 12.4. The van der Waals surface area contributed by atoms with Crippen LogP contribution in [0.25, 0.3) is 0 Å². The lowest BCUT2D eigenvalue weighted by Gasteiger charge is -2.34. The number of amides is 1. The molecule has 6 nitrogen and oxygen atoms in total. The maximum atomic E-state index is 12.4. The Labute approximate surface area is 144 Å². The van der Waals surface area contributed by atoms with Crippen LogP contribution >= 0.6 is 0 Å². The number of rotatable bonds is 5. The van der Waals surface area contributed by atoms with E-state index in [0.717, 1.165) is 38.7 Å². The molecule has 24 heavy (non-hydrogen) atoms. The number of nitrogens with zero attached hydrogens (tertiary/aromatic N) is 4. The number of hydrogen-bond acceptors (Lipinski definition) is 5. The molecule has 1 aliphatic heterocycles. The van der Waals surface area contributed by atoms with Crippen molar-refractivity contribution in [3.63, 3.8) is 0 Å². The molecule has 1 amide bonds. The molecule has 0 aromatic carbocycles. The zero-order chi connectivity index (χ0) is 16.6. The third-order valence-corrected chi connectivity index (χ3v) is 5.09. The summed E-state index contributed by atoms with van der Waals surface area (Å²) in [5.74, 6) is 1.03. The minimum absolute atomic E-state index is 0.268. The number of aromatic nitrogens is 2. The molecule has 1 aromatic rings. The summed E-state index contributed by atoms with van der Waals surface area (Å²) >= 11 is 0. The molecule has 1 aromatic heterocycles. The van der Waals surface area contributed by atoms with Gasteiger partial charge < -0.3 is 15.1 Å². The molecule has 3 rings (SSSR count). The smallest absolute Gasteiger partial charge is 0.225 e. The SMILES string of the molecule is O=C(CCNC1CCCCCC1)N1CCN(c2ncccn2)CC1. The molecule has 1 saturated heterocycles. The van der Waals surface area contributed by atoms with Crippen molar-refractivity contribution in [1.29, 1.82) is 0 Å². The summed E-state index contributed by atoms with van der Waals surface area (Å²) < 4.78 is 0. The Morgan fingerprint density at radius 2 is 1.71 bits per heavy atom. The number of nitrogens with one attached hydrogen (secondary N) is 1. The quantitative estimate of drug-likeness (QED) is 0.834. The molecule has 0 unspecified atom stereocenters. The van der Waals surface area contributed by atoms with Crippen LogP contribution in [0.5, 0.6) is 0 Å². The van der Waals surface area contributed by atoms with Crippen LogP contribution in [0, 0.1) is 0 Å². The van der Waals surface area contributed by atoms with Crippen LogP contribution in [0.2, 0.25) is 0 Å². The van der Waals surface area contributed by atoms with E-state index >= 15 is 0 Å². The van der Waals surface area contributed by atoms with Crippen LogP contribution in [0.4, 0.5) is 5.95 Å². The molecular weight excluding hydrogens is 302 g/mol. The van der Waals surface area contributed by atoms with Crippen LogP contribution in [0.3, 0.4) is 0 Å². The second-order valence-electron chi connectivity index (χ2n) is 6.81. The number of hydrogen-bond donors (Lipinski definition) is 1. The van der Waals surface area contributed by atoms with Gasteiger partial charge >= 0.3 is 0 Å². The predicted octanol–water partition coefficient (Wildman–Crippen LogP) is 1.83. The zero-order valence-corrected chi connectivity index (χ0v) is 14.5. The summed E-state index contributed by atoms with van der Waals surface area (Å²) in [6, 6.07) is 2.44. The molecule has 2 heterocycles. The standard InChI is InChI=1S/C18H29N5O/c24-17(8-11-19-16-6-3-1-2-4-7-16)22-12-14-23(15-13-22)18-20-9-5-10-21-18/h5,9-10,16,19H,1-4,6-8,11-15H2. The summed E-state index contributed by atoms with van der Waals surface area (Å²) in [5, 5.41) is 3.59. The Kier molecular flexibility index (Phi) is 6.41. The average Bonchev–Trinajstić information content (AvgIpc) is 2.91. The van der Waals surface area contributed by atoms with Gasteiger partial charge in [0.25, 0.3) is 0 Å². The van der Waals surface area contributed by atoms with Gasteiger partial charge in [0.15, 0.2) is 0 Å². The third kappa shape index (κ3) is 4.90. The largest absolute Gasteiger partial charge is 0.339 e. The van der Waals surface area contributed by atoms with Crippen molar-refractivity contribution in [2.45, 2.75) is 51.0 Å². The Morgan fingerprint density at radius 1 is 1.04 bits per heavy atom. The Morgan fingerprint density at radius 3 is 2.38 bits per heavy atom. The van der Waals surface area contributed by atoms with Crippen molar-refractivity contribution in [2.24, 2.45) is 0 Å². The Balaban J connectivity index is 1.36. The summed E-state index contributed by atoms with van der Waals surface area (Å²) in [4.78, 5) is 25.1. The van der Waals surface area contributed by atoms with Crippen LogP contribution in [0.15, 0.2) is 18.5 Å². The lowest BCUT2D eigenvalue weighted by Crippen LogP contribution is -2.49. The first-order valence-electron chi connectivity index (χ1n) is 9.36. The van der Waals surface area contributed by atoms with Crippen molar-refractivity contribution in [1.82, 2.24) is 20.2 Å². The first kappa shape index (κ1) is 17.1. The first-order valence-corrected chi connectivity index (χ1v) is 9.36. The monoisotopic (exact) mass is 331 g/mol. The highest BCUT2D eigenvalue weighted by molar-refractivity contribution is 5.76. The number of piperazine rings is 1. The van der Waals surface area contributed by atoms with Gasteiger partial charge in [-0.15, -0.1) is 0 Å². The summed E-state index contributed by atoms with van der Waals surface area (Å²) in [6.45, 7) is 3.96. The molecule has 6 heteroatoms. The fraction of sp³-hybridized carbons (Fsp3) is 0.722. The molecule has 0 radical (unpaired) electrons. The van der Waals surface area contributed by atoms with E-state index in [1.807, 2.05) is 11.0 Å². The molecule has 132 valence electrons. The normalized spacial score (nSPS) is 20.0. The molecule has 2 aliphatic rings. The van der Waals surface area contributed by atoms with Crippen molar-refractivity contribution >= 4 is 11.9 Å². The molecule has 0 atom stereocenters. The highest BCUT2D eigenvalue weighted by Crippen LogP contribution is 2.17. The fourth-order valence-electron chi connectivity index (χ4n) is 3.64. The lowest BCUT2D eigenvalue weighted by atomic mass is 10.1. The predicted molar refractivity (Wildman–Crippen MR) is 94.9 cm³/mol.